The molecule has 0 saturated heterocycles. The van der Waals surface area contributed by atoms with Crippen molar-refractivity contribution >= 4 is 55.6 Å². The summed E-state index contributed by atoms with van der Waals surface area (Å²) in [5, 5.41) is 1.99. The zero-order valence-corrected chi connectivity index (χ0v) is 17.1. The number of nitrogen functional groups attached to an aromatic ring is 1. The van der Waals surface area contributed by atoms with Crippen molar-refractivity contribution in [3.05, 3.63) is 52.8 Å². The molecule has 30 heavy (non-hydrogen) atoms. The molecule has 0 atom stereocenters. The molecule has 158 valence electrons. The molecule has 4 N–H and O–H groups in total. The molecule has 3 aromatic rings. The van der Waals surface area contributed by atoms with Crippen LogP contribution in [-0.4, -0.2) is 30.0 Å². The van der Waals surface area contributed by atoms with Crippen molar-refractivity contribution < 1.29 is 22.0 Å². The minimum Gasteiger partial charge on any atom is -0.383 e. The Morgan fingerprint density at radius 3 is 2.67 bits per heavy atom. The van der Waals surface area contributed by atoms with E-state index in [1.165, 1.54) is 0 Å². The van der Waals surface area contributed by atoms with Crippen LogP contribution in [0.5, 0.6) is 0 Å². The lowest BCUT2D eigenvalue weighted by molar-refractivity contribution is 0.102. The maximum atomic E-state index is 14.3. The number of carbonyl (C=O) groups is 1. The van der Waals surface area contributed by atoms with Crippen molar-refractivity contribution in [2.75, 3.05) is 21.5 Å². The highest BCUT2D eigenvalue weighted by molar-refractivity contribution is 7.92. The molecule has 0 unspecified atom stereocenters. The first-order valence-electron chi connectivity index (χ1n) is 8.62. The molecule has 3 rings (SSSR count). The standard InChI is InChI=1S/C18H16ClF2N5O3S/c1-2-5-30(28,29)26-13-4-3-12(21)16(14(13)19)25-18(27)11-7-9(20)6-10-15(11)23-8-24-17(10)22/h3-4,6-8,26H,2,5H2,1H3,(H,25,27)(H2,22,23,24). The SMILES string of the molecule is CCCS(=O)(=O)Nc1ccc(F)c(NC(=O)c2cc(F)cc3c(N)ncnc23)c1Cl. The van der Waals surface area contributed by atoms with Crippen molar-refractivity contribution in [2.24, 2.45) is 0 Å². The summed E-state index contributed by atoms with van der Waals surface area (Å²) in [5.41, 5.74) is 4.94. The van der Waals surface area contributed by atoms with E-state index in [0.29, 0.717) is 6.42 Å². The van der Waals surface area contributed by atoms with E-state index in [9.17, 15) is 22.0 Å². The second-order valence-electron chi connectivity index (χ2n) is 6.27. The van der Waals surface area contributed by atoms with Gasteiger partial charge in [0.25, 0.3) is 5.91 Å². The van der Waals surface area contributed by atoms with Gasteiger partial charge in [-0.25, -0.2) is 27.2 Å². The van der Waals surface area contributed by atoms with Crippen LogP contribution in [0.2, 0.25) is 5.02 Å². The third kappa shape index (κ3) is 4.41. The Bertz CT molecular complexity index is 1250. The lowest BCUT2D eigenvalue weighted by Gasteiger charge is -2.14. The first-order valence-corrected chi connectivity index (χ1v) is 10.7. The summed E-state index contributed by atoms with van der Waals surface area (Å²) in [6.07, 6.45) is 1.46. The summed E-state index contributed by atoms with van der Waals surface area (Å²) in [6, 6.07) is 4.04. The highest BCUT2D eigenvalue weighted by atomic mass is 35.5. The molecule has 0 aliphatic heterocycles. The fraction of sp³-hybridized carbons (Fsp3) is 0.167. The Morgan fingerprint density at radius 2 is 1.97 bits per heavy atom. The summed E-state index contributed by atoms with van der Waals surface area (Å²) in [4.78, 5) is 20.4. The van der Waals surface area contributed by atoms with Crippen molar-refractivity contribution in [1.29, 1.82) is 0 Å². The van der Waals surface area contributed by atoms with Crippen LogP contribution in [0.25, 0.3) is 10.9 Å². The topological polar surface area (TPSA) is 127 Å². The van der Waals surface area contributed by atoms with E-state index in [0.717, 1.165) is 30.6 Å². The summed E-state index contributed by atoms with van der Waals surface area (Å²) < 4.78 is 54.6. The third-order valence-corrected chi connectivity index (χ3v) is 5.92. The minimum absolute atomic E-state index is 0.0370. The van der Waals surface area contributed by atoms with Gasteiger partial charge in [0.1, 0.15) is 23.8 Å². The molecule has 0 fully saturated rings. The second-order valence-corrected chi connectivity index (χ2v) is 8.49. The number of hydrogen-bond donors (Lipinski definition) is 3. The van der Waals surface area contributed by atoms with Crippen LogP contribution in [0.1, 0.15) is 23.7 Å². The number of halogens is 3. The third-order valence-electron chi connectivity index (χ3n) is 4.05. The Kier molecular flexibility index (Phi) is 6.04. The summed E-state index contributed by atoms with van der Waals surface area (Å²) >= 11 is 6.13. The minimum atomic E-state index is -3.71. The summed E-state index contributed by atoms with van der Waals surface area (Å²) in [6.45, 7) is 1.68. The Labute approximate surface area is 175 Å². The van der Waals surface area contributed by atoms with Crippen LogP contribution < -0.4 is 15.8 Å². The molecular weight excluding hydrogens is 440 g/mol. The van der Waals surface area contributed by atoms with E-state index in [1.54, 1.807) is 6.92 Å². The number of anilines is 3. The zero-order chi connectivity index (χ0) is 22.1. The van der Waals surface area contributed by atoms with Crippen LogP contribution in [0.3, 0.4) is 0 Å². The van der Waals surface area contributed by atoms with Gasteiger partial charge in [-0.15, -0.1) is 0 Å². The van der Waals surface area contributed by atoms with Crippen LogP contribution in [0.15, 0.2) is 30.6 Å². The lowest BCUT2D eigenvalue weighted by Crippen LogP contribution is -2.18. The lowest BCUT2D eigenvalue weighted by atomic mass is 10.1. The van der Waals surface area contributed by atoms with Gasteiger partial charge < -0.3 is 11.1 Å². The quantitative estimate of drug-likeness (QED) is 0.521. The predicted molar refractivity (Wildman–Crippen MR) is 111 cm³/mol. The molecule has 0 radical (unpaired) electrons. The second kappa shape index (κ2) is 8.36. The molecule has 12 heteroatoms. The monoisotopic (exact) mass is 455 g/mol. The maximum Gasteiger partial charge on any atom is 0.258 e. The molecule has 1 aromatic heterocycles. The number of nitrogens with two attached hydrogens (primary N) is 1. The number of nitrogens with zero attached hydrogens (tertiary/aromatic N) is 2. The van der Waals surface area contributed by atoms with Gasteiger partial charge in [-0.1, -0.05) is 18.5 Å². The van der Waals surface area contributed by atoms with Crippen LogP contribution in [-0.2, 0) is 10.0 Å². The molecule has 1 heterocycles. The number of sulfonamides is 1. The van der Waals surface area contributed by atoms with Gasteiger partial charge in [-0.3, -0.25) is 9.52 Å². The first kappa shape index (κ1) is 21.7. The Morgan fingerprint density at radius 1 is 1.23 bits per heavy atom. The first-order chi connectivity index (χ1) is 14.1. The van der Waals surface area contributed by atoms with E-state index in [-0.39, 0.29) is 38.7 Å². The molecule has 0 aliphatic rings. The van der Waals surface area contributed by atoms with Crippen LogP contribution >= 0.6 is 11.6 Å². The van der Waals surface area contributed by atoms with Gasteiger partial charge in [0, 0.05) is 5.39 Å². The number of aromatic nitrogens is 2. The molecule has 8 nitrogen and oxygen atoms in total. The number of rotatable bonds is 6. The van der Waals surface area contributed by atoms with E-state index in [2.05, 4.69) is 20.0 Å². The van der Waals surface area contributed by atoms with E-state index < -0.39 is 33.3 Å². The molecular formula is C18H16ClF2N5O3S. The van der Waals surface area contributed by atoms with Gasteiger partial charge in [0.2, 0.25) is 10.0 Å². The Balaban J connectivity index is 2.01. The average molecular weight is 456 g/mol. The summed E-state index contributed by atoms with van der Waals surface area (Å²) in [7, 11) is -3.71. The van der Waals surface area contributed by atoms with Gasteiger partial charge in [-0.2, -0.15) is 0 Å². The van der Waals surface area contributed by atoms with Crippen LogP contribution in [0.4, 0.5) is 26.0 Å². The highest BCUT2D eigenvalue weighted by Crippen LogP contribution is 2.34. The van der Waals surface area contributed by atoms with Crippen molar-refractivity contribution in [1.82, 2.24) is 9.97 Å². The molecule has 0 spiro atoms. The molecule has 2 aromatic carbocycles. The number of carbonyl (C=O) groups excluding carboxylic acids is 1. The van der Waals surface area contributed by atoms with E-state index in [4.69, 9.17) is 17.3 Å². The molecule has 0 aliphatic carbocycles. The van der Waals surface area contributed by atoms with Gasteiger partial charge in [0.15, 0.2) is 0 Å². The largest absolute Gasteiger partial charge is 0.383 e. The average Bonchev–Trinajstić information content (AvgIpc) is 2.67. The normalized spacial score (nSPS) is 11.5. The molecule has 0 saturated carbocycles. The highest BCUT2D eigenvalue weighted by Gasteiger charge is 2.21. The number of benzene rings is 2. The zero-order valence-electron chi connectivity index (χ0n) is 15.5. The fourth-order valence-corrected chi connectivity index (χ4v) is 4.19. The number of hydrogen-bond acceptors (Lipinski definition) is 6. The molecule has 0 bridgehead atoms. The van der Waals surface area contributed by atoms with Crippen molar-refractivity contribution in [2.45, 2.75) is 13.3 Å². The molecule has 1 amide bonds. The van der Waals surface area contributed by atoms with Crippen LogP contribution in [0, 0.1) is 11.6 Å². The summed E-state index contributed by atoms with van der Waals surface area (Å²) in [5.74, 6) is -2.82. The van der Waals surface area contributed by atoms with E-state index >= 15 is 0 Å². The van der Waals surface area contributed by atoms with Gasteiger partial charge >= 0.3 is 0 Å². The van der Waals surface area contributed by atoms with Crippen molar-refractivity contribution in [3.8, 4) is 0 Å². The number of fused-ring (bicyclic) bond motifs is 1. The van der Waals surface area contributed by atoms with Crippen molar-refractivity contribution in [3.63, 3.8) is 0 Å². The van der Waals surface area contributed by atoms with Gasteiger partial charge in [-0.05, 0) is 30.7 Å². The smallest absolute Gasteiger partial charge is 0.258 e. The number of nitrogens with one attached hydrogen (secondary N) is 2. The maximum absolute atomic E-state index is 14.3. The predicted octanol–water partition coefficient (Wildman–Crippen LogP) is 3.55. The number of amides is 1. The Hall–Kier alpha value is -3.05. The fourth-order valence-electron chi connectivity index (χ4n) is 2.74. The van der Waals surface area contributed by atoms with Gasteiger partial charge in [0.05, 0.1) is 33.2 Å². The van der Waals surface area contributed by atoms with E-state index in [1.807, 2.05) is 0 Å².